The van der Waals surface area contributed by atoms with Crippen LogP contribution >= 0.6 is 11.6 Å². The molecule has 0 radical (unpaired) electrons. The van der Waals surface area contributed by atoms with Crippen LogP contribution in [-0.2, 0) is 17.5 Å². The van der Waals surface area contributed by atoms with Crippen LogP contribution < -0.4 is 9.47 Å². The Hall–Kier alpha value is -2.55. The third-order valence-corrected chi connectivity index (χ3v) is 4.51. The van der Waals surface area contributed by atoms with Crippen molar-refractivity contribution in [3.8, 4) is 11.5 Å². The molecule has 1 aliphatic rings. The van der Waals surface area contributed by atoms with Crippen molar-refractivity contribution in [3.05, 3.63) is 46.4 Å². The smallest absolute Gasteiger partial charge is 0.449 e. The van der Waals surface area contributed by atoms with E-state index in [0.29, 0.717) is 18.1 Å². The molecule has 1 aromatic carbocycles. The molecule has 2 aromatic rings. The van der Waals surface area contributed by atoms with Crippen LogP contribution in [0, 0.1) is 6.92 Å². The van der Waals surface area contributed by atoms with Crippen LogP contribution in [0.2, 0.25) is 5.02 Å². The molecule has 10 heteroatoms. The van der Waals surface area contributed by atoms with Crippen molar-refractivity contribution < 1.29 is 36.6 Å². The second-order valence-electron chi connectivity index (χ2n) is 8.21. The van der Waals surface area contributed by atoms with Crippen molar-refractivity contribution in [2.24, 2.45) is 0 Å². The molecule has 1 aliphatic heterocycles. The summed E-state index contributed by atoms with van der Waals surface area (Å²) < 4.78 is 60.9. The van der Waals surface area contributed by atoms with Crippen molar-refractivity contribution in [1.82, 2.24) is 4.90 Å². The Morgan fingerprint density at radius 1 is 1.19 bits per heavy atom. The largest absolute Gasteiger partial charge is 0.485 e. The number of carbonyl (C=O) groups is 1. The predicted octanol–water partition coefficient (Wildman–Crippen LogP) is 5.84. The van der Waals surface area contributed by atoms with Gasteiger partial charge in [0.05, 0.1) is 13.1 Å². The monoisotopic (exact) mass is 461 g/mol. The van der Waals surface area contributed by atoms with E-state index >= 15 is 0 Å². The normalized spacial score (nSPS) is 14.9. The summed E-state index contributed by atoms with van der Waals surface area (Å²) in [5.41, 5.74) is -0.719. The topological polar surface area (TPSA) is 61.1 Å². The van der Waals surface area contributed by atoms with Crippen molar-refractivity contribution in [3.63, 3.8) is 0 Å². The quantitative estimate of drug-likeness (QED) is 0.560. The van der Waals surface area contributed by atoms with Gasteiger partial charge in [-0.2, -0.15) is 13.2 Å². The maximum Gasteiger partial charge on any atom is 0.449 e. The summed E-state index contributed by atoms with van der Waals surface area (Å²) in [7, 11) is 0. The molecule has 1 amide bonds. The van der Waals surface area contributed by atoms with Gasteiger partial charge in [-0.25, -0.2) is 4.79 Å². The molecule has 0 aliphatic carbocycles. The van der Waals surface area contributed by atoms with E-state index in [1.54, 1.807) is 26.8 Å². The van der Waals surface area contributed by atoms with Crippen molar-refractivity contribution in [2.75, 3.05) is 13.1 Å². The summed E-state index contributed by atoms with van der Waals surface area (Å²) in [6, 6.07) is 5.85. The van der Waals surface area contributed by atoms with Crippen molar-refractivity contribution in [1.29, 1.82) is 0 Å². The summed E-state index contributed by atoms with van der Waals surface area (Å²) in [5.74, 6) is -0.453. The Balaban J connectivity index is 1.64. The molecule has 0 N–H and O–H groups in total. The van der Waals surface area contributed by atoms with Gasteiger partial charge < -0.3 is 23.5 Å². The standard InChI is InChI=1S/C21H23ClF3NO5/c1-12-7-13(18(29-12)21(23,24)25)11-28-16-6-5-14(22)8-17(16)30-15-9-26(10-15)19(27)31-20(2,3)4/h5-8,15H,9-11H2,1-4H3. The lowest BCUT2D eigenvalue weighted by molar-refractivity contribution is -0.154. The molecule has 1 fully saturated rings. The fourth-order valence-electron chi connectivity index (χ4n) is 2.93. The van der Waals surface area contributed by atoms with Gasteiger partial charge in [-0.1, -0.05) is 11.6 Å². The first kappa shape index (κ1) is 23.1. The van der Waals surface area contributed by atoms with Gasteiger partial charge in [-0.15, -0.1) is 0 Å². The van der Waals surface area contributed by atoms with Crippen LogP contribution in [0.3, 0.4) is 0 Å². The van der Waals surface area contributed by atoms with Crippen LogP contribution in [0.25, 0.3) is 0 Å². The number of alkyl halides is 3. The summed E-state index contributed by atoms with van der Waals surface area (Å²) in [5, 5.41) is 0.376. The van der Waals surface area contributed by atoms with E-state index in [-0.39, 0.29) is 35.5 Å². The van der Waals surface area contributed by atoms with Gasteiger partial charge in [0.15, 0.2) is 11.5 Å². The van der Waals surface area contributed by atoms with Crippen LogP contribution in [0.5, 0.6) is 11.5 Å². The third kappa shape index (κ3) is 6.00. The summed E-state index contributed by atoms with van der Waals surface area (Å²) in [4.78, 5) is 13.5. The highest BCUT2D eigenvalue weighted by Crippen LogP contribution is 2.37. The first-order chi connectivity index (χ1) is 14.3. The van der Waals surface area contributed by atoms with Gasteiger partial charge in [0, 0.05) is 16.7 Å². The number of nitrogens with zero attached hydrogens (tertiary/aromatic N) is 1. The van der Waals surface area contributed by atoms with Crippen molar-refractivity contribution in [2.45, 2.75) is 52.2 Å². The molecule has 6 nitrogen and oxygen atoms in total. The van der Waals surface area contributed by atoms with Gasteiger partial charge in [-0.3, -0.25) is 0 Å². The molecular formula is C21H23ClF3NO5. The number of halogens is 4. The minimum absolute atomic E-state index is 0.120. The molecule has 2 heterocycles. The fraction of sp³-hybridized carbons (Fsp3) is 0.476. The van der Waals surface area contributed by atoms with Gasteiger partial charge >= 0.3 is 12.3 Å². The number of hydrogen-bond acceptors (Lipinski definition) is 5. The number of likely N-dealkylation sites (tertiary alicyclic amines) is 1. The number of aryl methyl sites for hydroxylation is 1. The number of furan rings is 1. The molecule has 0 unspecified atom stereocenters. The van der Waals surface area contributed by atoms with Gasteiger partial charge in [0.25, 0.3) is 0 Å². The molecular weight excluding hydrogens is 439 g/mol. The molecule has 3 rings (SSSR count). The van der Waals surface area contributed by atoms with Crippen LogP contribution in [0.15, 0.2) is 28.7 Å². The molecule has 31 heavy (non-hydrogen) atoms. The zero-order valence-electron chi connectivity index (χ0n) is 17.5. The molecule has 0 atom stereocenters. The number of amides is 1. The van der Waals surface area contributed by atoms with E-state index < -0.39 is 23.6 Å². The SMILES string of the molecule is Cc1cc(COc2ccc(Cl)cc2OC2CN(C(=O)OC(C)(C)C)C2)c(C(F)(F)F)o1. The Morgan fingerprint density at radius 3 is 2.48 bits per heavy atom. The second-order valence-corrected chi connectivity index (χ2v) is 8.65. The Bertz CT molecular complexity index is 945. The number of carbonyl (C=O) groups excluding carboxylic acids is 1. The molecule has 170 valence electrons. The van der Waals surface area contributed by atoms with Crippen LogP contribution in [-0.4, -0.2) is 35.8 Å². The average molecular weight is 462 g/mol. The molecule has 1 aromatic heterocycles. The van der Waals surface area contributed by atoms with Gasteiger partial charge in [0.2, 0.25) is 5.76 Å². The number of benzene rings is 1. The summed E-state index contributed by atoms with van der Waals surface area (Å²) in [6.45, 7) is 7.02. The molecule has 1 saturated heterocycles. The third-order valence-electron chi connectivity index (χ3n) is 4.27. The van der Waals surface area contributed by atoms with E-state index in [2.05, 4.69) is 0 Å². The number of rotatable bonds is 5. The predicted molar refractivity (Wildman–Crippen MR) is 106 cm³/mol. The van der Waals surface area contributed by atoms with Crippen LogP contribution in [0.4, 0.5) is 18.0 Å². The zero-order valence-corrected chi connectivity index (χ0v) is 18.3. The Morgan fingerprint density at radius 2 is 1.87 bits per heavy atom. The minimum atomic E-state index is -4.62. The molecule has 0 saturated carbocycles. The number of ether oxygens (including phenoxy) is 3. The molecule has 0 spiro atoms. The highest BCUT2D eigenvalue weighted by molar-refractivity contribution is 6.30. The highest BCUT2D eigenvalue weighted by atomic mass is 35.5. The van der Waals surface area contributed by atoms with E-state index in [4.69, 9.17) is 30.2 Å². The van der Waals surface area contributed by atoms with E-state index in [9.17, 15) is 18.0 Å². The van der Waals surface area contributed by atoms with Gasteiger partial charge in [-0.05, 0) is 45.9 Å². The average Bonchev–Trinajstić information content (AvgIpc) is 2.96. The van der Waals surface area contributed by atoms with Crippen LogP contribution in [0.1, 0.15) is 37.9 Å². The van der Waals surface area contributed by atoms with E-state index in [1.165, 1.54) is 30.0 Å². The van der Waals surface area contributed by atoms with E-state index in [0.717, 1.165) is 0 Å². The minimum Gasteiger partial charge on any atom is -0.485 e. The molecule has 0 bridgehead atoms. The first-order valence-corrected chi connectivity index (χ1v) is 9.93. The van der Waals surface area contributed by atoms with Gasteiger partial charge in [0.1, 0.15) is 24.1 Å². The summed E-state index contributed by atoms with van der Waals surface area (Å²) in [6.07, 6.45) is -5.39. The summed E-state index contributed by atoms with van der Waals surface area (Å²) >= 11 is 6.03. The zero-order chi connectivity index (χ0) is 23.0. The van der Waals surface area contributed by atoms with Crippen molar-refractivity contribution >= 4 is 17.7 Å². The van der Waals surface area contributed by atoms with E-state index in [1.807, 2.05) is 0 Å². The lowest BCUT2D eigenvalue weighted by Crippen LogP contribution is -2.57. The fourth-order valence-corrected chi connectivity index (χ4v) is 3.09. The second kappa shape index (κ2) is 8.53. The lowest BCUT2D eigenvalue weighted by Gasteiger charge is -2.39. The first-order valence-electron chi connectivity index (χ1n) is 9.55. The Labute approximate surface area is 182 Å². The number of hydrogen-bond donors (Lipinski definition) is 0. The maximum absolute atomic E-state index is 13.1. The highest BCUT2D eigenvalue weighted by Gasteiger charge is 2.38. The Kier molecular flexibility index (Phi) is 6.36. The maximum atomic E-state index is 13.1. The lowest BCUT2D eigenvalue weighted by atomic mass is 10.1.